The Balaban J connectivity index is 0.00000280. The Morgan fingerprint density at radius 2 is 2.18 bits per heavy atom. The summed E-state index contributed by atoms with van der Waals surface area (Å²) in [5.74, 6) is 2.63. The first-order chi connectivity index (χ1) is 13.1. The molecule has 1 unspecified atom stereocenters. The third-order valence-electron chi connectivity index (χ3n) is 4.92. The number of aryl methyl sites for hydroxylation is 3. The fourth-order valence-electron chi connectivity index (χ4n) is 3.50. The van der Waals surface area contributed by atoms with Crippen molar-refractivity contribution in [3.8, 4) is 0 Å². The van der Waals surface area contributed by atoms with Crippen LogP contribution in [0.1, 0.15) is 34.8 Å². The first-order valence-corrected chi connectivity index (χ1v) is 9.54. The van der Waals surface area contributed by atoms with E-state index in [4.69, 9.17) is 4.74 Å². The summed E-state index contributed by atoms with van der Waals surface area (Å²) >= 11 is 0. The van der Waals surface area contributed by atoms with Crippen molar-refractivity contribution in [2.75, 3.05) is 20.7 Å². The molecule has 28 heavy (non-hydrogen) atoms. The molecule has 3 rings (SSSR count). The second-order valence-corrected chi connectivity index (χ2v) is 7.12. The monoisotopic (exact) mass is 498 g/mol. The molecule has 0 bridgehead atoms. The number of fused-ring (bicyclic) bond motifs is 1. The highest BCUT2D eigenvalue weighted by molar-refractivity contribution is 14.0. The lowest BCUT2D eigenvalue weighted by Crippen LogP contribution is -2.47. The minimum Gasteiger partial charge on any atom is -0.377 e. The van der Waals surface area contributed by atoms with Crippen LogP contribution in [0, 0.1) is 13.8 Å². The Bertz CT molecular complexity index is 804. The van der Waals surface area contributed by atoms with Crippen LogP contribution >= 0.6 is 24.0 Å². The van der Waals surface area contributed by atoms with Gasteiger partial charge in [-0.25, -0.2) is 9.67 Å². The normalized spacial score (nSPS) is 16.3. The lowest BCUT2D eigenvalue weighted by molar-refractivity contribution is 0.177. The molecule has 1 aromatic carbocycles. The average Bonchev–Trinajstić information content (AvgIpc) is 3.04. The molecule has 2 aromatic rings. The average molecular weight is 498 g/mol. The van der Waals surface area contributed by atoms with E-state index in [9.17, 15) is 0 Å². The van der Waals surface area contributed by atoms with Crippen molar-refractivity contribution in [2.24, 2.45) is 4.99 Å². The molecule has 1 aliphatic rings. The van der Waals surface area contributed by atoms with Crippen molar-refractivity contribution in [3.05, 3.63) is 46.5 Å². The molecular formula is C20H31IN6O. The summed E-state index contributed by atoms with van der Waals surface area (Å²) in [6, 6.07) is 6.91. The molecule has 0 amide bonds. The SMILES string of the molecule is CN=C(NCCc1ccc(C)cc1C)NC1CCc2nc(COC)nn2C1.I. The highest BCUT2D eigenvalue weighted by Gasteiger charge is 2.22. The Labute approximate surface area is 184 Å². The highest BCUT2D eigenvalue weighted by atomic mass is 127. The molecule has 2 heterocycles. The molecule has 1 aliphatic heterocycles. The summed E-state index contributed by atoms with van der Waals surface area (Å²) in [6.07, 6.45) is 2.90. The molecule has 2 N–H and O–H groups in total. The maximum absolute atomic E-state index is 5.13. The predicted molar refractivity (Wildman–Crippen MR) is 122 cm³/mol. The second-order valence-electron chi connectivity index (χ2n) is 7.12. The predicted octanol–water partition coefficient (Wildman–Crippen LogP) is 2.38. The second kappa shape index (κ2) is 10.8. The summed E-state index contributed by atoms with van der Waals surface area (Å²) < 4.78 is 7.11. The van der Waals surface area contributed by atoms with Crippen molar-refractivity contribution in [2.45, 2.75) is 52.3 Å². The molecule has 0 saturated heterocycles. The summed E-state index contributed by atoms with van der Waals surface area (Å²) in [5.41, 5.74) is 4.02. The Morgan fingerprint density at radius 3 is 2.89 bits per heavy atom. The van der Waals surface area contributed by atoms with Gasteiger partial charge in [0.2, 0.25) is 0 Å². The molecule has 154 valence electrons. The Morgan fingerprint density at radius 1 is 1.36 bits per heavy atom. The molecule has 1 aromatic heterocycles. The van der Waals surface area contributed by atoms with Gasteiger partial charge in [0, 0.05) is 33.2 Å². The topological polar surface area (TPSA) is 76.4 Å². The van der Waals surface area contributed by atoms with Crippen LogP contribution in [-0.2, 0) is 30.7 Å². The minimum atomic E-state index is 0. The van der Waals surface area contributed by atoms with Crippen LogP contribution in [0.3, 0.4) is 0 Å². The van der Waals surface area contributed by atoms with E-state index >= 15 is 0 Å². The fraction of sp³-hybridized carbons (Fsp3) is 0.550. The Hall–Kier alpha value is -1.68. The molecule has 0 spiro atoms. The largest absolute Gasteiger partial charge is 0.377 e. The van der Waals surface area contributed by atoms with E-state index in [0.717, 1.165) is 50.0 Å². The number of hydrogen-bond donors (Lipinski definition) is 2. The van der Waals surface area contributed by atoms with Gasteiger partial charge in [-0.3, -0.25) is 4.99 Å². The lowest BCUT2D eigenvalue weighted by atomic mass is 10.0. The first kappa shape index (κ1) is 22.6. The quantitative estimate of drug-likeness (QED) is 0.364. The van der Waals surface area contributed by atoms with Crippen LogP contribution in [0.2, 0.25) is 0 Å². The van der Waals surface area contributed by atoms with Gasteiger partial charge in [-0.1, -0.05) is 23.8 Å². The number of guanidine groups is 1. The summed E-state index contributed by atoms with van der Waals surface area (Å²) in [6.45, 7) is 6.40. The van der Waals surface area contributed by atoms with Crippen LogP contribution in [0.5, 0.6) is 0 Å². The third kappa shape index (κ3) is 5.91. The van der Waals surface area contributed by atoms with Gasteiger partial charge in [0.25, 0.3) is 0 Å². The van der Waals surface area contributed by atoms with E-state index in [0.29, 0.717) is 12.6 Å². The summed E-state index contributed by atoms with van der Waals surface area (Å²) in [4.78, 5) is 8.89. The van der Waals surface area contributed by atoms with Crippen LogP contribution in [-0.4, -0.2) is 47.5 Å². The van der Waals surface area contributed by atoms with Gasteiger partial charge in [-0.15, -0.1) is 24.0 Å². The molecule has 0 fully saturated rings. The number of aliphatic imine (C=N–C) groups is 1. The molecule has 0 aliphatic carbocycles. The minimum absolute atomic E-state index is 0. The van der Waals surface area contributed by atoms with E-state index < -0.39 is 0 Å². The zero-order valence-corrected chi connectivity index (χ0v) is 19.5. The van der Waals surface area contributed by atoms with E-state index in [2.05, 4.69) is 57.8 Å². The number of ether oxygens (including phenoxy) is 1. The van der Waals surface area contributed by atoms with Crippen molar-refractivity contribution in [3.63, 3.8) is 0 Å². The lowest BCUT2D eigenvalue weighted by Gasteiger charge is -2.25. The standard InChI is InChI=1S/C20H30N6O.HI/c1-14-5-6-16(15(2)11-14)9-10-22-20(21-3)23-17-7-8-19-24-18(13-27-4)25-26(19)12-17;/h5-6,11,17H,7-10,12-13H2,1-4H3,(H2,21,22,23);1H. The number of methoxy groups -OCH3 is 1. The summed E-state index contributed by atoms with van der Waals surface area (Å²) in [7, 11) is 3.48. The van der Waals surface area contributed by atoms with Gasteiger partial charge in [-0.05, 0) is 37.8 Å². The van der Waals surface area contributed by atoms with Crippen LogP contribution in [0.25, 0.3) is 0 Å². The Kier molecular flexibility index (Phi) is 8.68. The molecule has 8 heteroatoms. The van der Waals surface area contributed by atoms with E-state index in [1.807, 2.05) is 11.7 Å². The molecule has 0 saturated carbocycles. The smallest absolute Gasteiger partial charge is 0.191 e. The first-order valence-electron chi connectivity index (χ1n) is 9.54. The number of nitrogens with zero attached hydrogens (tertiary/aromatic N) is 4. The number of hydrogen-bond acceptors (Lipinski definition) is 4. The van der Waals surface area contributed by atoms with E-state index in [1.165, 1.54) is 16.7 Å². The van der Waals surface area contributed by atoms with Gasteiger partial charge in [0.1, 0.15) is 12.4 Å². The number of rotatable bonds is 6. The van der Waals surface area contributed by atoms with Crippen LogP contribution in [0.4, 0.5) is 0 Å². The zero-order chi connectivity index (χ0) is 19.2. The van der Waals surface area contributed by atoms with Crippen molar-refractivity contribution >= 4 is 29.9 Å². The van der Waals surface area contributed by atoms with Gasteiger partial charge >= 0.3 is 0 Å². The molecular weight excluding hydrogens is 467 g/mol. The maximum Gasteiger partial charge on any atom is 0.191 e. The maximum atomic E-state index is 5.13. The van der Waals surface area contributed by atoms with E-state index in [-0.39, 0.29) is 24.0 Å². The van der Waals surface area contributed by atoms with Crippen molar-refractivity contribution in [1.82, 2.24) is 25.4 Å². The number of benzene rings is 1. The van der Waals surface area contributed by atoms with Crippen LogP contribution in [0.15, 0.2) is 23.2 Å². The molecule has 7 nitrogen and oxygen atoms in total. The van der Waals surface area contributed by atoms with Crippen molar-refractivity contribution < 1.29 is 4.74 Å². The van der Waals surface area contributed by atoms with Gasteiger partial charge in [0.15, 0.2) is 11.8 Å². The number of nitrogens with one attached hydrogen (secondary N) is 2. The zero-order valence-electron chi connectivity index (χ0n) is 17.2. The summed E-state index contributed by atoms with van der Waals surface area (Å²) in [5, 5.41) is 11.5. The molecule has 0 radical (unpaired) electrons. The van der Waals surface area contributed by atoms with Gasteiger partial charge < -0.3 is 15.4 Å². The highest BCUT2D eigenvalue weighted by Crippen LogP contribution is 2.14. The van der Waals surface area contributed by atoms with Crippen molar-refractivity contribution in [1.29, 1.82) is 0 Å². The van der Waals surface area contributed by atoms with Gasteiger partial charge in [-0.2, -0.15) is 5.10 Å². The fourth-order valence-corrected chi connectivity index (χ4v) is 3.50. The van der Waals surface area contributed by atoms with E-state index in [1.54, 1.807) is 7.11 Å². The third-order valence-corrected chi connectivity index (χ3v) is 4.92. The van der Waals surface area contributed by atoms with Crippen LogP contribution < -0.4 is 10.6 Å². The van der Waals surface area contributed by atoms with Gasteiger partial charge in [0.05, 0.1) is 6.54 Å². The number of halogens is 1. The number of aromatic nitrogens is 3. The molecule has 1 atom stereocenters.